The number of benzene rings is 2. The summed E-state index contributed by atoms with van der Waals surface area (Å²) < 4.78 is 26.5. The highest BCUT2D eigenvalue weighted by atomic mass is 35.5. The Bertz CT molecular complexity index is 716. The van der Waals surface area contributed by atoms with Crippen LogP contribution in [0.3, 0.4) is 0 Å². The monoisotopic (exact) mass is 263 g/mol. The van der Waals surface area contributed by atoms with E-state index >= 15 is 0 Å². The lowest BCUT2D eigenvalue weighted by molar-refractivity contribution is 0.628. The van der Waals surface area contributed by atoms with Gasteiger partial charge in [0.1, 0.15) is 11.6 Å². The van der Waals surface area contributed by atoms with Crippen LogP contribution in [0.2, 0.25) is 5.02 Å². The average molecular weight is 264 g/mol. The van der Waals surface area contributed by atoms with Crippen LogP contribution in [0.15, 0.2) is 42.5 Å². The maximum absolute atomic E-state index is 13.7. The van der Waals surface area contributed by atoms with Crippen LogP contribution < -0.4 is 0 Å². The molecule has 0 spiro atoms. The summed E-state index contributed by atoms with van der Waals surface area (Å²) in [6.07, 6.45) is 0. The Kier molecular flexibility index (Phi) is 2.56. The number of fused-ring (bicyclic) bond motifs is 1. The summed E-state index contributed by atoms with van der Waals surface area (Å²) in [4.78, 5) is 2.97. The van der Waals surface area contributed by atoms with Gasteiger partial charge in [0.05, 0.1) is 5.52 Å². The Labute approximate surface area is 107 Å². The molecule has 2 aromatic carbocycles. The van der Waals surface area contributed by atoms with E-state index in [1.165, 1.54) is 18.2 Å². The second kappa shape index (κ2) is 4.10. The van der Waals surface area contributed by atoms with Gasteiger partial charge < -0.3 is 4.98 Å². The van der Waals surface area contributed by atoms with E-state index in [0.717, 1.165) is 11.3 Å². The largest absolute Gasteiger partial charge is 0.352 e. The van der Waals surface area contributed by atoms with Crippen molar-refractivity contribution >= 4 is 22.5 Å². The standard InChI is InChI=1S/C14H8ClF2N/c15-10-5-9-6-13(18-14(9)12(17)7-10)8-1-3-11(16)4-2-8/h1-7,18H. The highest BCUT2D eigenvalue weighted by Crippen LogP contribution is 2.28. The molecule has 18 heavy (non-hydrogen) atoms. The first-order valence-electron chi connectivity index (χ1n) is 5.37. The van der Waals surface area contributed by atoms with Crippen LogP contribution in [-0.4, -0.2) is 4.98 Å². The summed E-state index contributed by atoms with van der Waals surface area (Å²) in [7, 11) is 0. The van der Waals surface area contributed by atoms with E-state index in [1.54, 1.807) is 24.3 Å². The Hall–Kier alpha value is -1.87. The fourth-order valence-corrected chi connectivity index (χ4v) is 2.16. The third kappa shape index (κ3) is 1.87. The number of hydrogen-bond donors (Lipinski definition) is 1. The molecule has 0 bridgehead atoms. The average Bonchev–Trinajstić information content (AvgIpc) is 2.74. The number of aromatic nitrogens is 1. The zero-order valence-electron chi connectivity index (χ0n) is 9.18. The van der Waals surface area contributed by atoms with Crippen LogP contribution >= 0.6 is 11.6 Å². The van der Waals surface area contributed by atoms with E-state index in [1.807, 2.05) is 0 Å². The third-order valence-electron chi connectivity index (χ3n) is 2.80. The third-order valence-corrected chi connectivity index (χ3v) is 3.02. The zero-order chi connectivity index (χ0) is 12.7. The van der Waals surface area contributed by atoms with Crippen molar-refractivity contribution in [1.29, 1.82) is 0 Å². The number of H-pyrrole nitrogens is 1. The van der Waals surface area contributed by atoms with E-state index in [0.29, 0.717) is 15.9 Å². The lowest BCUT2D eigenvalue weighted by Crippen LogP contribution is -1.80. The maximum atomic E-state index is 13.7. The van der Waals surface area contributed by atoms with Gasteiger partial charge in [0, 0.05) is 16.1 Å². The lowest BCUT2D eigenvalue weighted by Gasteiger charge is -1.96. The van der Waals surface area contributed by atoms with Crippen LogP contribution in [0.25, 0.3) is 22.2 Å². The van der Waals surface area contributed by atoms with Crippen molar-refractivity contribution < 1.29 is 8.78 Å². The molecule has 0 atom stereocenters. The van der Waals surface area contributed by atoms with Crippen LogP contribution in [0.5, 0.6) is 0 Å². The molecule has 0 saturated heterocycles. The first kappa shape index (κ1) is 11.2. The van der Waals surface area contributed by atoms with Crippen molar-refractivity contribution in [3.63, 3.8) is 0 Å². The van der Waals surface area contributed by atoms with Crippen molar-refractivity contribution in [1.82, 2.24) is 4.98 Å². The van der Waals surface area contributed by atoms with Crippen molar-refractivity contribution in [2.75, 3.05) is 0 Å². The van der Waals surface area contributed by atoms with E-state index < -0.39 is 5.82 Å². The smallest absolute Gasteiger partial charge is 0.148 e. The second-order valence-corrected chi connectivity index (χ2v) is 4.48. The quantitative estimate of drug-likeness (QED) is 0.651. The van der Waals surface area contributed by atoms with Crippen molar-refractivity contribution in [3.8, 4) is 11.3 Å². The molecule has 0 aliphatic carbocycles. The molecule has 3 rings (SSSR count). The number of nitrogens with one attached hydrogen (secondary N) is 1. The molecule has 4 heteroatoms. The van der Waals surface area contributed by atoms with Crippen LogP contribution in [0.1, 0.15) is 0 Å². The molecule has 1 aromatic heterocycles. The first-order chi connectivity index (χ1) is 8.63. The molecular formula is C14H8ClF2N. The van der Waals surface area contributed by atoms with Crippen LogP contribution in [0.4, 0.5) is 8.78 Å². The molecule has 0 amide bonds. The molecule has 1 heterocycles. The van der Waals surface area contributed by atoms with Crippen molar-refractivity contribution in [3.05, 3.63) is 59.1 Å². The molecule has 0 unspecified atom stereocenters. The molecule has 0 aliphatic rings. The van der Waals surface area contributed by atoms with Crippen LogP contribution in [-0.2, 0) is 0 Å². The van der Waals surface area contributed by atoms with E-state index in [4.69, 9.17) is 11.6 Å². The zero-order valence-corrected chi connectivity index (χ0v) is 9.93. The SMILES string of the molecule is Fc1ccc(-c2cc3cc(Cl)cc(F)c3[nH]2)cc1. The van der Waals surface area contributed by atoms with Gasteiger partial charge in [-0.05, 0) is 48.0 Å². The Morgan fingerprint density at radius 1 is 0.944 bits per heavy atom. The fourth-order valence-electron chi connectivity index (χ4n) is 1.95. The summed E-state index contributed by atoms with van der Waals surface area (Å²) in [5.41, 5.74) is 1.92. The minimum Gasteiger partial charge on any atom is -0.352 e. The molecule has 1 N–H and O–H groups in total. The molecular weight excluding hydrogens is 256 g/mol. The summed E-state index contributed by atoms with van der Waals surface area (Å²) >= 11 is 5.80. The summed E-state index contributed by atoms with van der Waals surface area (Å²) in [5.74, 6) is -0.699. The van der Waals surface area contributed by atoms with Gasteiger partial charge in [-0.1, -0.05) is 11.6 Å². The first-order valence-corrected chi connectivity index (χ1v) is 5.75. The Morgan fingerprint density at radius 2 is 1.67 bits per heavy atom. The van der Waals surface area contributed by atoms with Crippen molar-refractivity contribution in [2.24, 2.45) is 0 Å². The Morgan fingerprint density at radius 3 is 2.39 bits per heavy atom. The van der Waals surface area contributed by atoms with Crippen LogP contribution in [0, 0.1) is 11.6 Å². The van der Waals surface area contributed by atoms with Gasteiger partial charge in [0.2, 0.25) is 0 Å². The summed E-state index contributed by atoms with van der Waals surface area (Å²) in [6.45, 7) is 0. The van der Waals surface area contributed by atoms with E-state index in [9.17, 15) is 8.78 Å². The molecule has 0 saturated carbocycles. The molecule has 1 nitrogen and oxygen atoms in total. The van der Waals surface area contributed by atoms with Gasteiger partial charge >= 0.3 is 0 Å². The van der Waals surface area contributed by atoms with Gasteiger partial charge in [-0.25, -0.2) is 8.78 Å². The number of halogens is 3. The second-order valence-electron chi connectivity index (χ2n) is 4.04. The topological polar surface area (TPSA) is 15.8 Å². The van der Waals surface area contributed by atoms with E-state index in [-0.39, 0.29) is 5.82 Å². The number of hydrogen-bond acceptors (Lipinski definition) is 0. The summed E-state index contributed by atoms with van der Waals surface area (Å²) in [6, 6.07) is 10.7. The predicted molar refractivity (Wildman–Crippen MR) is 68.7 cm³/mol. The van der Waals surface area contributed by atoms with Gasteiger partial charge in [-0.15, -0.1) is 0 Å². The molecule has 90 valence electrons. The normalized spacial score (nSPS) is 11.1. The molecule has 3 aromatic rings. The molecule has 0 radical (unpaired) electrons. The predicted octanol–water partition coefficient (Wildman–Crippen LogP) is 4.77. The van der Waals surface area contributed by atoms with Gasteiger partial charge in [0.15, 0.2) is 0 Å². The highest BCUT2D eigenvalue weighted by Gasteiger charge is 2.08. The summed E-state index contributed by atoms with van der Waals surface area (Å²) in [5, 5.41) is 1.05. The lowest BCUT2D eigenvalue weighted by atomic mass is 10.1. The number of rotatable bonds is 1. The van der Waals surface area contributed by atoms with Gasteiger partial charge in [0.25, 0.3) is 0 Å². The Balaban J connectivity index is 2.19. The molecule has 0 aliphatic heterocycles. The molecule has 0 fully saturated rings. The van der Waals surface area contributed by atoms with E-state index in [2.05, 4.69) is 4.98 Å². The minimum atomic E-state index is -0.397. The van der Waals surface area contributed by atoms with Gasteiger partial charge in [-0.3, -0.25) is 0 Å². The van der Waals surface area contributed by atoms with Crippen molar-refractivity contribution in [2.45, 2.75) is 0 Å². The number of aromatic amines is 1. The van der Waals surface area contributed by atoms with Gasteiger partial charge in [-0.2, -0.15) is 0 Å². The minimum absolute atomic E-state index is 0.302. The fraction of sp³-hybridized carbons (Fsp3) is 0. The maximum Gasteiger partial charge on any atom is 0.148 e. The highest BCUT2D eigenvalue weighted by molar-refractivity contribution is 6.31.